The van der Waals surface area contributed by atoms with Gasteiger partial charge in [-0.05, 0) is 69.3 Å². The number of carbonyl (C=O) groups excluding carboxylic acids is 1. The van der Waals surface area contributed by atoms with Crippen molar-refractivity contribution in [3.05, 3.63) is 29.8 Å². The summed E-state index contributed by atoms with van der Waals surface area (Å²) in [6.45, 7) is 6.34. The number of hydrogen-bond acceptors (Lipinski definition) is 4. The summed E-state index contributed by atoms with van der Waals surface area (Å²) in [5, 5.41) is 6.41. The van der Waals surface area contributed by atoms with Crippen molar-refractivity contribution in [3.8, 4) is 0 Å². The van der Waals surface area contributed by atoms with E-state index in [9.17, 15) is 13.2 Å². The molecule has 2 heterocycles. The van der Waals surface area contributed by atoms with E-state index in [0.29, 0.717) is 24.6 Å². The lowest BCUT2D eigenvalue weighted by molar-refractivity contribution is 0.0919. The van der Waals surface area contributed by atoms with Gasteiger partial charge in [-0.15, -0.1) is 12.4 Å². The van der Waals surface area contributed by atoms with Gasteiger partial charge >= 0.3 is 0 Å². The topological polar surface area (TPSA) is 78.5 Å². The third-order valence-corrected chi connectivity index (χ3v) is 7.49. The van der Waals surface area contributed by atoms with Crippen LogP contribution in [0, 0.1) is 5.92 Å². The lowest BCUT2D eigenvalue weighted by atomic mass is 9.99. The minimum Gasteiger partial charge on any atom is -0.348 e. The Balaban J connectivity index is 0.00000261. The van der Waals surface area contributed by atoms with Crippen LogP contribution < -0.4 is 10.6 Å². The van der Waals surface area contributed by atoms with Gasteiger partial charge in [-0.25, -0.2) is 8.42 Å². The first-order valence-electron chi connectivity index (χ1n) is 9.52. The van der Waals surface area contributed by atoms with E-state index in [1.54, 1.807) is 28.6 Å². The van der Waals surface area contributed by atoms with Crippen LogP contribution >= 0.6 is 12.4 Å². The predicted octanol–water partition coefficient (Wildman–Crippen LogP) is 2.40. The molecule has 0 aliphatic carbocycles. The molecule has 8 heteroatoms. The zero-order valence-electron chi connectivity index (χ0n) is 16.0. The molecule has 2 atom stereocenters. The van der Waals surface area contributed by atoms with Gasteiger partial charge in [-0.1, -0.05) is 6.92 Å². The lowest BCUT2D eigenvalue weighted by Gasteiger charge is -2.30. The van der Waals surface area contributed by atoms with Crippen molar-refractivity contribution >= 4 is 28.3 Å². The number of hydrogen-bond donors (Lipinski definition) is 2. The molecule has 2 saturated heterocycles. The third kappa shape index (κ3) is 5.22. The zero-order valence-corrected chi connectivity index (χ0v) is 17.6. The molecule has 3 rings (SSSR count). The Morgan fingerprint density at radius 2 is 1.74 bits per heavy atom. The molecule has 0 bridgehead atoms. The van der Waals surface area contributed by atoms with Crippen LogP contribution in [0.3, 0.4) is 0 Å². The lowest BCUT2D eigenvalue weighted by Crippen LogP contribution is -2.51. The molecular weight excluding hydrogens is 386 g/mol. The normalized spacial score (nSPS) is 24.8. The Kier molecular flexibility index (Phi) is 7.68. The van der Waals surface area contributed by atoms with Crippen molar-refractivity contribution in [1.29, 1.82) is 0 Å². The Labute approximate surface area is 168 Å². The summed E-state index contributed by atoms with van der Waals surface area (Å²) < 4.78 is 27.1. The number of amides is 1. The smallest absolute Gasteiger partial charge is 0.251 e. The number of carbonyl (C=O) groups is 1. The van der Waals surface area contributed by atoms with Gasteiger partial charge in [-0.2, -0.15) is 4.31 Å². The van der Waals surface area contributed by atoms with E-state index in [1.807, 2.05) is 0 Å². The molecule has 0 aromatic heterocycles. The van der Waals surface area contributed by atoms with Crippen LogP contribution in [0.1, 0.15) is 49.9 Å². The molecule has 6 nitrogen and oxygen atoms in total. The maximum atomic E-state index is 12.8. The van der Waals surface area contributed by atoms with E-state index in [0.717, 1.165) is 32.2 Å². The minimum absolute atomic E-state index is 0. The predicted molar refractivity (Wildman–Crippen MR) is 109 cm³/mol. The largest absolute Gasteiger partial charge is 0.348 e. The number of piperidine rings is 2. The van der Waals surface area contributed by atoms with E-state index in [1.165, 1.54) is 0 Å². The minimum atomic E-state index is -3.47. The SMILES string of the molecule is CC1CCN(S(=O)(=O)c2ccc(C(=O)NC3CCCNC3C)cc2)CC1.Cl. The van der Waals surface area contributed by atoms with Crippen molar-refractivity contribution in [2.45, 2.75) is 56.5 Å². The first kappa shape index (κ1) is 22.1. The van der Waals surface area contributed by atoms with Gasteiger partial charge in [0.1, 0.15) is 0 Å². The number of halogens is 1. The first-order valence-corrected chi connectivity index (χ1v) is 11.0. The molecule has 0 spiro atoms. The van der Waals surface area contributed by atoms with Gasteiger partial charge in [0.2, 0.25) is 10.0 Å². The summed E-state index contributed by atoms with van der Waals surface area (Å²) in [5.41, 5.74) is 0.494. The van der Waals surface area contributed by atoms with Crippen LogP contribution in [-0.4, -0.2) is 50.3 Å². The van der Waals surface area contributed by atoms with Gasteiger partial charge in [0.05, 0.1) is 4.90 Å². The Bertz CT molecular complexity index is 731. The number of rotatable bonds is 4. The van der Waals surface area contributed by atoms with Crippen molar-refractivity contribution in [2.75, 3.05) is 19.6 Å². The highest BCUT2D eigenvalue weighted by atomic mass is 35.5. The summed E-state index contributed by atoms with van der Waals surface area (Å²) in [6, 6.07) is 6.66. The van der Waals surface area contributed by atoms with E-state index in [2.05, 4.69) is 24.5 Å². The first-order chi connectivity index (χ1) is 12.4. The van der Waals surface area contributed by atoms with Gasteiger partial charge < -0.3 is 10.6 Å². The van der Waals surface area contributed by atoms with Crippen LogP contribution in [0.4, 0.5) is 0 Å². The molecule has 1 amide bonds. The Morgan fingerprint density at radius 3 is 2.33 bits per heavy atom. The molecule has 2 N–H and O–H groups in total. The molecular formula is C19H30ClN3O3S. The van der Waals surface area contributed by atoms with Gasteiger partial charge in [0.15, 0.2) is 0 Å². The second-order valence-electron chi connectivity index (χ2n) is 7.58. The van der Waals surface area contributed by atoms with Crippen LogP contribution in [0.25, 0.3) is 0 Å². The number of nitrogens with zero attached hydrogens (tertiary/aromatic N) is 1. The Hall–Kier alpha value is -1.15. The third-order valence-electron chi connectivity index (χ3n) is 5.58. The maximum Gasteiger partial charge on any atom is 0.251 e. The zero-order chi connectivity index (χ0) is 18.7. The van der Waals surface area contributed by atoms with Crippen molar-refractivity contribution in [1.82, 2.24) is 14.9 Å². The molecule has 1 aromatic carbocycles. The summed E-state index contributed by atoms with van der Waals surface area (Å²) in [6.07, 6.45) is 3.79. The molecule has 2 aliphatic heterocycles. The van der Waals surface area contributed by atoms with Gasteiger partial charge in [0, 0.05) is 30.7 Å². The molecule has 2 fully saturated rings. The van der Waals surface area contributed by atoms with Gasteiger partial charge in [0.25, 0.3) is 5.91 Å². The van der Waals surface area contributed by atoms with Crippen LogP contribution in [0.2, 0.25) is 0 Å². The van der Waals surface area contributed by atoms with Crippen molar-refractivity contribution in [3.63, 3.8) is 0 Å². The van der Waals surface area contributed by atoms with E-state index < -0.39 is 10.0 Å². The van der Waals surface area contributed by atoms with Crippen LogP contribution in [-0.2, 0) is 10.0 Å². The fourth-order valence-electron chi connectivity index (χ4n) is 3.65. The van der Waals surface area contributed by atoms with E-state index >= 15 is 0 Å². The fraction of sp³-hybridized carbons (Fsp3) is 0.632. The second kappa shape index (κ2) is 9.37. The summed E-state index contributed by atoms with van der Waals surface area (Å²) in [4.78, 5) is 12.7. The van der Waals surface area contributed by atoms with Crippen molar-refractivity contribution < 1.29 is 13.2 Å². The van der Waals surface area contributed by atoms with Crippen LogP contribution in [0.15, 0.2) is 29.2 Å². The summed E-state index contributed by atoms with van der Waals surface area (Å²) >= 11 is 0. The quantitative estimate of drug-likeness (QED) is 0.791. The molecule has 2 aliphatic rings. The van der Waals surface area contributed by atoms with Gasteiger partial charge in [-0.3, -0.25) is 4.79 Å². The highest BCUT2D eigenvalue weighted by molar-refractivity contribution is 7.89. The maximum absolute atomic E-state index is 12.8. The molecule has 27 heavy (non-hydrogen) atoms. The highest BCUT2D eigenvalue weighted by Crippen LogP contribution is 2.23. The molecule has 0 radical (unpaired) electrons. The van der Waals surface area contributed by atoms with E-state index in [-0.39, 0.29) is 35.3 Å². The highest BCUT2D eigenvalue weighted by Gasteiger charge is 2.28. The average molecular weight is 416 g/mol. The van der Waals surface area contributed by atoms with Crippen LogP contribution in [0.5, 0.6) is 0 Å². The second-order valence-corrected chi connectivity index (χ2v) is 9.51. The number of sulfonamides is 1. The molecule has 2 unspecified atom stereocenters. The molecule has 1 aromatic rings. The number of nitrogens with one attached hydrogen (secondary N) is 2. The molecule has 152 valence electrons. The molecule has 0 saturated carbocycles. The summed E-state index contributed by atoms with van der Waals surface area (Å²) in [7, 11) is -3.47. The van der Waals surface area contributed by atoms with Crippen molar-refractivity contribution in [2.24, 2.45) is 5.92 Å². The fourth-order valence-corrected chi connectivity index (χ4v) is 5.12. The average Bonchev–Trinajstić information content (AvgIpc) is 2.64. The van der Waals surface area contributed by atoms with E-state index in [4.69, 9.17) is 0 Å². The summed E-state index contributed by atoms with van der Waals surface area (Å²) in [5.74, 6) is 0.422. The Morgan fingerprint density at radius 1 is 1.11 bits per heavy atom. The monoisotopic (exact) mass is 415 g/mol. The standard InChI is InChI=1S/C19H29N3O3S.ClH/c1-14-9-12-22(13-10-14)26(24,25)17-7-5-16(6-8-17)19(23)21-18-4-3-11-20-15(18)2;/h5-8,14-15,18,20H,3-4,9-13H2,1-2H3,(H,21,23);1H. The number of benzene rings is 1.